The van der Waals surface area contributed by atoms with Gasteiger partial charge in [0.1, 0.15) is 0 Å². The van der Waals surface area contributed by atoms with Gasteiger partial charge >= 0.3 is 8.60 Å². The zero-order valence-electron chi connectivity index (χ0n) is 16.6. The van der Waals surface area contributed by atoms with Gasteiger partial charge in [-0.3, -0.25) is 0 Å². The minimum Gasteiger partial charge on any atom is -0.328 e. The average Bonchev–Trinajstić information content (AvgIpc) is 2.56. The molecular formula is C20H43O3P. The molecule has 0 aliphatic heterocycles. The van der Waals surface area contributed by atoms with Crippen LogP contribution in [0.5, 0.6) is 0 Å². The maximum absolute atomic E-state index is 9.43. The molecule has 0 spiro atoms. The average molecular weight is 363 g/mol. The quantitative estimate of drug-likeness (QED) is 0.199. The zero-order chi connectivity index (χ0) is 18.1. The summed E-state index contributed by atoms with van der Waals surface area (Å²) in [6, 6.07) is 0. The van der Waals surface area contributed by atoms with Crippen molar-refractivity contribution in [3.8, 4) is 0 Å². The van der Waals surface area contributed by atoms with Crippen LogP contribution in [0, 0.1) is 0 Å². The Labute approximate surface area is 152 Å². The molecule has 24 heavy (non-hydrogen) atoms. The van der Waals surface area contributed by atoms with Crippen LogP contribution in [-0.2, 0) is 4.52 Å². The van der Waals surface area contributed by atoms with Gasteiger partial charge in [-0.15, -0.1) is 0 Å². The van der Waals surface area contributed by atoms with Crippen molar-refractivity contribution in [3.05, 3.63) is 0 Å². The van der Waals surface area contributed by atoms with E-state index in [1.54, 1.807) is 0 Å². The van der Waals surface area contributed by atoms with Gasteiger partial charge in [0.2, 0.25) is 0 Å². The molecule has 4 heteroatoms. The number of rotatable bonds is 18. The normalized spacial score (nSPS) is 12.2. The molecule has 2 N–H and O–H groups in total. The lowest BCUT2D eigenvalue weighted by Crippen LogP contribution is -2.31. The van der Waals surface area contributed by atoms with Crippen molar-refractivity contribution in [2.75, 3.05) is 0 Å². The third-order valence-corrected chi connectivity index (χ3v) is 5.53. The van der Waals surface area contributed by atoms with Gasteiger partial charge < -0.3 is 14.3 Å². The van der Waals surface area contributed by atoms with Crippen LogP contribution in [0.1, 0.15) is 124 Å². The molecule has 0 aliphatic carbocycles. The van der Waals surface area contributed by atoms with Crippen LogP contribution in [0.4, 0.5) is 0 Å². The summed E-state index contributed by atoms with van der Waals surface area (Å²) in [6.07, 6.45) is 19.2. The zero-order valence-corrected chi connectivity index (χ0v) is 17.5. The van der Waals surface area contributed by atoms with Crippen molar-refractivity contribution < 1.29 is 14.3 Å². The van der Waals surface area contributed by atoms with E-state index in [0.29, 0.717) is 0 Å². The van der Waals surface area contributed by atoms with Crippen LogP contribution in [0.2, 0.25) is 0 Å². The summed E-state index contributed by atoms with van der Waals surface area (Å²) in [4.78, 5) is 18.9. The standard InChI is InChI=1S/C20H43O3P/c1-4-7-10-11-12-13-14-15-16-19-20(17-8-5-2,18-9-6-3)23-24(21)22/h21-22H,4-19H2,1-3H3. The Hall–Kier alpha value is 0.310. The fourth-order valence-corrected chi connectivity index (χ4v) is 4.06. The summed E-state index contributed by atoms with van der Waals surface area (Å²) < 4.78 is 5.69. The molecule has 0 saturated carbocycles. The molecule has 0 aliphatic rings. The van der Waals surface area contributed by atoms with Gasteiger partial charge in [0, 0.05) is 0 Å². The Morgan fingerprint density at radius 1 is 0.583 bits per heavy atom. The SMILES string of the molecule is CCCCCCCCCCCC(CCCC)(CCCC)OP(O)O. The van der Waals surface area contributed by atoms with Gasteiger partial charge in [0.05, 0.1) is 5.60 Å². The Bertz CT molecular complexity index is 251. The smallest absolute Gasteiger partial charge is 0.327 e. The van der Waals surface area contributed by atoms with Gasteiger partial charge in [-0.25, -0.2) is 0 Å². The highest BCUT2D eigenvalue weighted by Crippen LogP contribution is 2.41. The fraction of sp³-hybridized carbons (Fsp3) is 1.00. The van der Waals surface area contributed by atoms with E-state index in [1.807, 2.05) is 0 Å². The van der Waals surface area contributed by atoms with Crippen LogP contribution >= 0.6 is 8.60 Å². The third-order valence-electron chi connectivity index (χ3n) is 4.98. The minimum atomic E-state index is -2.26. The second-order valence-electron chi connectivity index (χ2n) is 7.31. The second-order valence-corrected chi connectivity index (χ2v) is 8.00. The summed E-state index contributed by atoms with van der Waals surface area (Å²) >= 11 is 0. The summed E-state index contributed by atoms with van der Waals surface area (Å²) in [5.74, 6) is 0. The number of hydrogen-bond acceptors (Lipinski definition) is 3. The van der Waals surface area contributed by atoms with E-state index in [1.165, 1.54) is 51.4 Å². The molecule has 0 heterocycles. The van der Waals surface area contributed by atoms with Gasteiger partial charge in [-0.2, -0.15) is 0 Å². The summed E-state index contributed by atoms with van der Waals surface area (Å²) in [7, 11) is -2.26. The van der Waals surface area contributed by atoms with Crippen LogP contribution in [0.3, 0.4) is 0 Å². The van der Waals surface area contributed by atoms with E-state index in [0.717, 1.165) is 51.4 Å². The molecule has 0 aromatic rings. The van der Waals surface area contributed by atoms with E-state index < -0.39 is 8.60 Å². The first-order valence-corrected chi connectivity index (χ1v) is 11.6. The van der Waals surface area contributed by atoms with Gasteiger partial charge in [-0.05, 0) is 19.3 Å². The first kappa shape index (κ1) is 24.3. The lowest BCUT2D eigenvalue weighted by molar-refractivity contribution is 0.0228. The van der Waals surface area contributed by atoms with Crippen molar-refractivity contribution in [2.45, 2.75) is 129 Å². The van der Waals surface area contributed by atoms with E-state index in [4.69, 9.17) is 4.52 Å². The van der Waals surface area contributed by atoms with Gasteiger partial charge in [0.25, 0.3) is 0 Å². The lowest BCUT2D eigenvalue weighted by atomic mass is 9.86. The topological polar surface area (TPSA) is 49.7 Å². The summed E-state index contributed by atoms with van der Waals surface area (Å²) in [5.41, 5.74) is -0.303. The number of unbranched alkanes of at least 4 members (excludes halogenated alkanes) is 10. The molecule has 0 bridgehead atoms. The van der Waals surface area contributed by atoms with Gasteiger partial charge in [0.15, 0.2) is 0 Å². The molecule has 0 saturated heterocycles. The van der Waals surface area contributed by atoms with Crippen LogP contribution in [0.15, 0.2) is 0 Å². The van der Waals surface area contributed by atoms with Crippen molar-refractivity contribution in [1.29, 1.82) is 0 Å². The van der Waals surface area contributed by atoms with Crippen molar-refractivity contribution in [3.63, 3.8) is 0 Å². The number of hydrogen-bond donors (Lipinski definition) is 2. The first-order valence-electron chi connectivity index (χ1n) is 10.5. The monoisotopic (exact) mass is 362 g/mol. The summed E-state index contributed by atoms with van der Waals surface area (Å²) in [6.45, 7) is 6.63. The molecule has 0 aromatic heterocycles. The third kappa shape index (κ3) is 13.6. The Morgan fingerprint density at radius 3 is 1.38 bits per heavy atom. The highest BCUT2D eigenvalue weighted by atomic mass is 31.2. The van der Waals surface area contributed by atoms with Crippen LogP contribution in [0.25, 0.3) is 0 Å². The van der Waals surface area contributed by atoms with E-state index >= 15 is 0 Å². The largest absolute Gasteiger partial charge is 0.328 e. The van der Waals surface area contributed by atoms with E-state index in [9.17, 15) is 9.79 Å². The molecule has 0 aromatic carbocycles. The minimum absolute atomic E-state index is 0.303. The molecule has 0 atom stereocenters. The molecule has 0 unspecified atom stereocenters. The van der Waals surface area contributed by atoms with Crippen LogP contribution in [-0.4, -0.2) is 15.4 Å². The molecule has 0 amide bonds. The fourth-order valence-electron chi connectivity index (χ4n) is 3.44. The first-order chi connectivity index (χ1) is 11.6. The second kappa shape index (κ2) is 16.8. The predicted octanol–water partition coefficient (Wildman–Crippen LogP) is 7.25. The molecule has 0 rings (SSSR count). The Kier molecular flexibility index (Phi) is 17.0. The van der Waals surface area contributed by atoms with E-state index in [2.05, 4.69) is 20.8 Å². The molecule has 0 radical (unpaired) electrons. The van der Waals surface area contributed by atoms with Crippen molar-refractivity contribution in [2.24, 2.45) is 0 Å². The maximum atomic E-state index is 9.43. The van der Waals surface area contributed by atoms with Crippen LogP contribution < -0.4 is 0 Å². The van der Waals surface area contributed by atoms with Crippen molar-refractivity contribution in [1.82, 2.24) is 0 Å². The summed E-state index contributed by atoms with van der Waals surface area (Å²) in [5, 5.41) is 0. The highest BCUT2D eigenvalue weighted by Gasteiger charge is 2.32. The Morgan fingerprint density at radius 2 is 0.958 bits per heavy atom. The predicted molar refractivity (Wildman–Crippen MR) is 106 cm³/mol. The molecule has 146 valence electrons. The van der Waals surface area contributed by atoms with Gasteiger partial charge in [-0.1, -0.05) is 104 Å². The molecule has 0 fully saturated rings. The van der Waals surface area contributed by atoms with Crippen molar-refractivity contribution >= 4 is 8.60 Å². The van der Waals surface area contributed by atoms with E-state index in [-0.39, 0.29) is 5.60 Å². The maximum Gasteiger partial charge on any atom is 0.327 e. The molecule has 3 nitrogen and oxygen atoms in total. The lowest BCUT2D eigenvalue weighted by Gasteiger charge is -2.34. The Balaban J connectivity index is 4.13. The highest BCUT2D eigenvalue weighted by molar-refractivity contribution is 7.39. The molecular weight excluding hydrogens is 319 g/mol.